The second-order valence-corrected chi connectivity index (χ2v) is 19.2. The number of allylic oxidation sites excluding steroid dienone is 2. The third kappa shape index (κ3) is 15.0. The van der Waals surface area contributed by atoms with Crippen LogP contribution in [0.5, 0.6) is 11.5 Å². The van der Waals surface area contributed by atoms with E-state index in [1.165, 1.54) is 31.2 Å². The number of fused-ring (bicyclic) bond motifs is 2. The van der Waals surface area contributed by atoms with Gasteiger partial charge in [0.25, 0.3) is 23.6 Å². The van der Waals surface area contributed by atoms with E-state index in [9.17, 15) is 38.4 Å². The van der Waals surface area contributed by atoms with Gasteiger partial charge in [-0.15, -0.1) is 0 Å². The number of amides is 7. The molecule has 1 unspecified atom stereocenters. The maximum Gasteiger partial charge on any atom is 0.276 e. The smallest absolute Gasteiger partial charge is 0.276 e. The molecule has 1 aliphatic heterocycles. The molecular formula is C55H72N16O10. The lowest BCUT2D eigenvalue weighted by Crippen LogP contribution is -2.48. The number of aryl methyl sites for hydroxylation is 4. The molecule has 26 heteroatoms. The van der Waals surface area contributed by atoms with Gasteiger partial charge in [-0.25, -0.2) is 9.97 Å². The van der Waals surface area contributed by atoms with Gasteiger partial charge in [0.05, 0.1) is 36.1 Å². The number of ether oxygens (including phenoxy) is 2. The molecule has 0 saturated heterocycles. The lowest BCUT2D eigenvalue weighted by atomic mass is 10.1. The van der Waals surface area contributed by atoms with Crippen molar-refractivity contribution in [3.8, 4) is 11.5 Å². The molecule has 0 spiro atoms. The van der Waals surface area contributed by atoms with Crippen molar-refractivity contribution in [2.75, 3.05) is 72.2 Å². The minimum absolute atomic E-state index is 0.0681. The summed E-state index contributed by atoms with van der Waals surface area (Å²) in [5.74, 6) is -2.63. The number of imidazole rings is 2. The van der Waals surface area contributed by atoms with Gasteiger partial charge in [-0.05, 0) is 117 Å². The standard InChI is InChI=1S/C54H67N15O10.CH5N/c1-9-68-40(26-33(3)61-68)50(75)59-53-57-38-28-35(32-70)29-43(79-25-15-21-64(7)52(77)37(16-11-12-20-63(5)6)56-44(71)19-24-65-45(72)17-18-46(65)73)48(38)67(53)23-14-13-22-66-47-39(30-36(49(55)74)31-42(47)78-8)58-54(66)60-51(76)41-27-34(4)62-69(41)10-2;1-2/h13-14,17-18,26-32,37H,9-12,15-16,19-25H2,1-8H3,(H2,55,74)(H,56,71)(H,57,59,75)(H,58,60,76);2H2,1H3/b14-13+;. The topological polar surface area (TPSA) is 324 Å². The number of aldehydes is 1. The van der Waals surface area contributed by atoms with Gasteiger partial charge in [-0.1, -0.05) is 12.2 Å². The molecule has 0 radical (unpaired) electrons. The predicted molar refractivity (Wildman–Crippen MR) is 303 cm³/mol. The number of benzene rings is 2. The summed E-state index contributed by atoms with van der Waals surface area (Å²) < 4.78 is 18.7. The summed E-state index contributed by atoms with van der Waals surface area (Å²) in [5, 5.41) is 17.5. The highest BCUT2D eigenvalue weighted by molar-refractivity contribution is 6.13. The number of likely N-dealkylation sites (N-methyl/N-ethyl adjacent to an activating group) is 1. The van der Waals surface area contributed by atoms with Gasteiger partial charge in [0.1, 0.15) is 46.2 Å². The number of carbonyl (C=O) groups is 8. The maximum atomic E-state index is 14.0. The van der Waals surface area contributed by atoms with E-state index in [0.29, 0.717) is 83.5 Å². The number of imide groups is 1. The molecule has 1 atom stereocenters. The zero-order valence-corrected chi connectivity index (χ0v) is 47.3. The molecule has 0 bridgehead atoms. The number of anilines is 2. The van der Waals surface area contributed by atoms with E-state index in [1.807, 2.05) is 45.0 Å². The fraction of sp³-hybridized carbons (Fsp3) is 0.418. The van der Waals surface area contributed by atoms with Crippen molar-refractivity contribution >= 4 is 81.6 Å². The van der Waals surface area contributed by atoms with E-state index >= 15 is 0 Å². The quantitative estimate of drug-likeness (QED) is 0.0203. The fourth-order valence-corrected chi connectivity index (χ4v) is 9.16. The molecule has 0 aliphatic carbocycles. The highest BCUT2D eigenvalue weighted by atomic mass is 16.5. The summed E-state index contributed by atoms with van der Waals surface area (Å²) in [6.07, 6.45) is 8.53. The van der Waals surface area contributed by atoms with Crippen molar-refractivity contribution in [2.45, 2.75) is 92.0 Å². The molecule has 81 heavy (non-hydrogen) atoms. The zero-order chi connectivity index (χ0) is 59.1. The predicted octanol–water partition coefficient (Wildman–Crippen LogP) is 3.45. The second kappa shape index (κ2) is 28.2. The van der Waals surface area contributed by atoms with Crippen LogP contribution in [0.25, 0.3) is 22.1 Å². The Morgan fingerprint density at radius 3 is 1.81 bits per heavy atom. The normalized spacial score (nSPS) is 12.6. The number of carbonyl (C=O) groups excluding carboxylic acids is 8. The summed E-state index contributed by atoms with van der Waals surface area (Å²) in [6.45, 7) is 9.32. The summed E-state index contributed by atoms with van der Waals surface area (Å²) >= 11 is 0. The first kappa shape index (κ1) is 61.2. The Morgan fingerprint density at radius 2 is 1.30 bits per heavy atom. The highest BCUT2D eigenvalue weighted by Gasteiger charge is 2.28. The van der Waals surface area contributed by atoms with Crippen molar-refractivity contribution in [1.29, 1.82) is 0 Å². The van der Waals surface area contributed by atoms with Gasteiger partial charge in [-0.2, -0.15) is 10.2 Å². The number of nitrogens with zero attached hydrogens (tertiary/aromatic N) is 11. The molecule has 1 aliphatic rings. The molecule has 6 aromatic rings. The summed E-state index contributed by atoms with van der Waals surface area (Å²) in [6, 6.07) is 8.62. The highest BCUT2D eigenvalue weighted by Crippen LogP contribution is 2.33. The molecule has 432 valence electrons. The molecular weight excluding hydrogens is 1040 g/mol. The average Bonchev–Trinajstić information content (AvgIpc) is 4.45. The van der Waals surface area contributed by atoms with Crippen LogP contribution < -0.4 is 36.9 Å². The molecule has 0 saturated carbocycles. The number of hydrogen-bond donors (Lipinski definition) is 5. The minimum atomic E-state index is -0.862. The Morgan fingerprint density at radius 1 is 0.741 bits per heavy atom. The molecule has 4 aromatic heterocycles. The molecule has 7 rings (SSSR count). The van der Waals surface area contributed by atoms with Crippen LogP contribution in [-0.4, -0.2) is 169 Å². The van der Waals surface area contributed by atoms with Crippen LogP contribution >= 0.6 is 0 Å². The number of nitrogens with one attached hydrogen (secondary N) is 3. The monoisotopic (exact) mass is 1120 g/mol. The Balaban J connectivity index is 0.00000522. The molecule has 7 amide bonds. The van der Waals surface area contributed by atoms with Gasteiger partial charge in [0.2, 0.25) is 29.6 Å². The number of methoxy groups -OCH3 is 1. The first-order chi connectivity index (χ1) is 38.8. The minimum Gasteiger partial charge on any atom is -0.494 e. The number of unbranched alkanes of at least 4 members (excludes halogenated alkanes) is 1. The third-order valence-corrected chi connectivity index (χ3v) is 13.1. The number of rotatable bonds is 28. The number of nitrogens with two attached hydrogens (primary N) is 2. The SMILES string of the molecule is CCn1nc(C)cc1C(=O)Nc1nc2cc(C(N)=O)cc(OC)c2n1C/C=C/Cn1c(NC(=O)c2cc(C)nn2CC)nc2cc(C=O)cc(OCCCN(C)C(=O)C(CCCCN(C)C)NC(=O)CCN3C(=O)C=CC3=O)c21.CN. The van der Waals surface area contributed by atoms with Crippen LogP contribution in [0, 0.1) is 13.8 Å². The largest absolute Gasteiger partial charge is 0.494 e. The summed E-state index contributed by atoms with van der Waals surface area (Å²) in [4.78, 5) is 118. The molecule has 26 nitrogen and oxygen atoms in total. The van der Waals surface area contributed by atoms with Gasteiger partial charge >= 0.3 is 0 Å². The first-order valence-electron chi connectivity index (χ1n) is 26.5. The van der Waals surface area contributed by atoms with E-state index in [0.717, 1.165) is 30.0 Å². The zero-order valence-electron chi connectivity index (χ0n) is 47.3. The lowest BCUT2D eigenvalue weighted by Gasteiger charge is -2.25. The van der Waals surface area contributed by atoms with Gasteiger partial charge in [-0.3, -0.25) is 63.3 Å². The van der Waals surface area contributed by atoms with E-state index in [4.69, 9.17) is 25.2 Å². The number of hydrogen-bond acceptors (Lipinski definition) is 16. The van der Waals surface area contributed by atoms with Crippen LogP contribution in [0.1, 0.15) is 99.0 Å². The second-order valence-electron chi connectivity index (χ2n) is 19.2. The van der Waals surface area contributed by atoms with Crippen LogP contribution in [0.3, 0.4) is 0 Å². The third-order valence-electron chi connectivity index (χ3n) is 13.1. The van der Waals surface area contributed by atoms with E-state index in [1.54, 1.807) is 63.7 Å². The van der Waals surface area contributed by atoms with Crippen LogP contribution in [0.2, 0.25) is 0 Å². The van der Waals surface area contributed by atoms with Crippen LogP contribution in [-0.2, 0) is 45.4 Å². The molecule has 7 N–H and O–H groups in total. The van der Waals surface area contributed by atoms with Gasteiger partial charge in [0, 0.05) is 76.0 Å². The van der Waals surface area contributed by atoms with Crippen molar-refractivity contribution in [1.82, 2.24) is 58.7 Å². The average molecular weight is 1120 g/mol. The van der Waals surface area contributed by atoms with E-state index in [-0.39, 0.29) is 79.6 Å². The molecule has 2 aromatic carbocycles. The van der Waals surface area contributed by atoms with Gasteiger partial charge in [0.15, 0.2) is 0 Å². The van der Waals surface area contributed by atoms with Crippen molar-refractivity contribution in [2.24, 2.45) is 11.5 Å². The Labute approximate surface area is 468 Å². The van der Waals surface area contributed by atoms with Crippen LogP contribution in [0.4, 0.5) is 11.9 Å². The summed E-state index contributed by atoms with van der Waals surface area (Å²) in [5.41, 5.74) is 14.0. The Kier molecular flexibility index (Phi) is 21.3. The van der Waals surface area contributed by atoms with Crippen molar-refractivity contribution < 1.29 is 47.8 Å². The number of aromatic nitrogens is 8. The lowest BCUT2D eigenvalue weighted by molar-refractivity contribution is -0.138. The van der Waals surface area contributed by atoms with Crippen LogP contribution in [0.15, 0.2) is 60.7 Å². The van der Waals surface area contributed by atoms with E-state index in [2.05, 4.69) is 31.9 Å². The number of primary amides is 1. The van der Waals surface area contributed by atoms with Gasteiger partial charge < -0.3 is 45.2 Å². The van der Waals surface area contributed by atoms with Crippen molar-refractivity contribution in [3.63, 3.8) is 0 Å². The fourth-order valence-electron chi connectivity index (χ4n) is 9.16. The molecule has 5 heterocycles. The molecule has 0 fully saturated rings. The van der Waals surface area contributed by atoms with E-state index < -0.39 is 41.5 Å². The Hall–Kier alpha value is -9.04. The maximum absolute atomic E-state index is 14.0. The Bertz CT molecular complexity index is 3350. The summed E-state index contributed by atoms with van der Waals surface area (Å²) in [7, 11) is 8.47. The first-order valence-corrected chi connectivity index (χ1v) is 26.5. The van der Waals surface area contributed by atoms with Crippen molar-refractivity contribution in [3.05, 3.63) is 94.6 Å².